The zero-order valence-corrected chi connectivity index (χ0v) is 21.8. The van der Waals surface area contributed by atoms with Gasteiger partial charge in [-0.15, -0.1) is 11.8 Å². The van der Waals surface area contributed by atoms with Crippen LogP contribution in [0, 0.1) is 0 Å². The summed E-state index contributed by atoms with van der Waals surface area (Å²) in [6.07, 6.45) is 3.75. The third-order valence-electron chi connectivity index (χ3n) is 5.37. The highest BCUT2D eigenvalue weighted by molar-refractivity contribution is 7.98. The highest BCUT2D eigenvalue weighted by Gasteiger charge is 2.24. The predicted octanol–water partition coefficient (Wildman–Crippen LogP) is 2.25. The van der Waals surface area contributed by atoms with Gasteiger partial charge in [-0.1, -0.05) is 0 Å². The Hall–Kier alpha value is -2.12. The van der Waals surface area contributed by atoms with Crippen LogP contribution < -0.4 is 9.46 Å². The van der Waals surface area contributed by atoms with E-state index in [0.29, 0.717) is 24.4 Å². The van der Waals surface area contributed by atoms with Crippen molar-refractivity contribution in [2.45, 2.75) is 27.5 Å². The van der Waals surface area contributed by atoms with Crippen LogP contribution in [-0.2, 0) is 20.0 Å². The van der Waals surface area contributed by atoms with Gasteiger partial charge in [0.2, 0.25) is 20.0 Å². The lowest BCUT2D eigenvalue weighted by molar-refractivity contribution is 0.0789. The van der Waals surface area contributed by atoms with Crippen LogP contribution in [-0.4, -0.2) is 78.5 Å². The molecule has 12 heteroatoms. The summed E-state index contributed by atoms with van der Waals surface area (Å²) in [7, 11) is -4.48. The Morgan fingerprint density at radius 3 is 2.24 bits per heavy atom. The minimum atomic E-state index is -3.85. The van der Waals surface area contributed by atoms with Crippen LogP contribution in [0.25, 0.3) is 0 Å². The van der Waals surface area contributed by atoms with Gasteiger partial charge in [0.15, 0.2) is 0 Å². The van der Waals surface area contributed by atoms with Crippen molar-refractivity contribution in [2.75, 3.05) is 46.6 Å². The van der Waals surface area contributed by atoms with Crippen molar-refractivity contribution >= 4 is 37.7 Å². The molecule has 0 radical (unpaired) electrons. The zero-order valence-electron chi connectivity index (χ0n) is 19.4. The van der Waals surface area contributed by atoms with Gasteiger partial charge in [0.1, 0.15) is 12.4 Å². The van der Waals surface area contributed by atoms with Crippen molar-refractivity contribution in [1.29, 1.82) is 0 Å². The third kappa shape index (κ3) is 6.11. The van der Waals surface area contributed by atoms with E-state index in [2.05, 4.69) is 4.72 Å². The van der Waals surface area contributed by atoms with Crippen LogP contribution in [0.5, 0.6) is 5.75 Å². The fourth-order valence-electron chi connectivity index (χ4n) is 3.46. The number of carbonyl (C=O) groups is 1. The van der Waals surface area contributed by atoms with Crippen molar-refractivity contribution in [3.8, 4) is 5.75 Å². The minimum Gasteiger partial charge on any atom is -0.492 e. The van der Waals surface area contributed by atoms with Gasteiger partial charge in [0.05, 0.1) is 15.4 Å². The highest BCUT2D eigenvalue weighted by Crippen LogP contribution is 2.26. The maximum Gasteiger partial charge on any atom is 0.255 e. The molecule has 9 nitrogen and oxygen atoms in total. The lowest BCUT2D eigenvalue weighted by Gasteiger charge is -2.18. The number of amides is 1. The van der Waals surface area contributed by atoms with Gasteiger partial charge in [0.25, 0.3) is 5.91 Å². The average molecular weight is 528 g/mol. The molecule has 0 unspecified atom stereocenters. The van der Waals surface area contributed by atoms with Crippen LogP contribution in [0.2, 0.25) is 0 Å². The van der Waals surface area contributed by atoms with E-state index in [-0.39, 0.29) is 28.8 Å². The largest absolute Gasteiger partial charge is 0.492 e. The average Bonchev–Trinajstić information content (AvgIpc) is 3.36. The van der Waals surface area contributed by atoms with Crippen molar-refractivity contribution in [1.82, 2.24) is 13.9 Å². The molecule has 0 saturated carbocycles. The molecule has 2 aromatic carbocycles. The number of nitrogens with one attached hydrogen (secondary N) is 1. The van der Waals surface area contributed by atoms with Gasteiger partial charge in [-0.25, -0.2) is 25.9 Å². The Labute approximate surface area is 205 Å². The number of ether oxygens (including phenoxy) is 1. The lowest BCUT2D eigenvalue weighted by Crippen LogP contribution is -2.30. The first-order chi connectivity index (χ1) is 16.1. The second-order valence-corrected chi connectivity index (χ2v) is 12.6. The van der Waals surface area contributed by atoms with Gasteiger partial charge in [-0.05, 0) is 61.6 Å². The van der Waals surface area contributed by atoms with Gasteiger partial charge in [0, 0.05) is 38.6 Å². The molecule has 1 fully saturated rings. The molecular weight excluding hydrogens is 498 g/mol. The van der Waals surface area contributed by atoms with Gasteiger partial charge >= 0.3 is 0 Å². The van der Waals surface area contributed by atoms with E-state index in [1.165, 1.54) is 62.3 Å². The molecule has 1 saturated heterocycles. The van der Waals surface area contributed by atoms with E-state index < -0.39 is 20.0 Å². The summed E-state index contributed by atoms with van der Waals surface area (Å²) in [4.78, 5) is 15.5. The second kappa shape index (κ2) is 11.1. The van der Waals surface area contributed by atoms with Crippen molar-refractivity contribution < 1.29 is 26.4 Å². The topological polar surface area (TPSA) is 113 Å². The maximum absolute atomic E-state index is 12.9. The Bertz CT molecular complexity index is 1220. The Morgan fingerprint density at radius 1 is 1.03 bits per heavy atom. The fourth-order valence-corrected chi connectivity index (χ4v) is 5.97. The van der Waals surface area contributed by atoms with E-state index >= 15 is 0 Å². The molecule has 0 atom stereocenters. The first-order valence-electron chi connectivity index (χ1n) is 10.7. The Balaban J connectivity index is 1.62. The molecule has 0 bridgehead atoms. The minimum absolute atomic E-state index is 0.000233. The summed E-state index contributed by atoms with van der Waals surface area (Å²) >= 11 is 1.40. The van der Waals surface area contributed by atoms with Crippen LogP contribution in [0.1, 0.15) is 23.2 Å². The van der Waals surface area contributed by atoms with Crippen LogP contribution in [0.3, 0.4) is 0 Å². The van der Waals surface area contributed by atoms with Crippen molar-refractivity contribution in [2.24, 2.45) is 0 Å². The standard InChI is InChI=1S/C22H29N3O6S3/c1-24(2)34(29,30)18-8-6-17(7-9-18)31-15-12-23-33(27,28)19-10-11-21(32-3)20(16-19)22(26)25-13-4-5-14-25/h6-11,16,23H,4-5,12-15H2,1-3H3. The monoisotopic (exact) mass is 527 g/mol. The summed E-state index contributed by atoms with van der Waals surface area (Å²) < 4.78 is 58.9. The number of rotatable bonds is 10. The molecule has 0 aromatic heterocycles. The number of thioether (sulfide) groups is 1. The summed E-state index contributed by atoms with van der Waals surface area (Å²) in [5.41, 5.74) is 0.390. The molecule has 34 heavy (non-hydrogen) atoms. The molecular formula is C22H29N3O6S3. The van der Waals surface area contributed by atoms with Crippen molar-refractivity contribution in [3.63, 3.8) is 0 Å². The molecule has 3 rings (SSSR count). The number of sulfonamides is 2. The molecule has 0 aliphatic carbocycles. The second-order valence-electron chi connectivity index (χ2n) is 7.87. The number of benzene rings is 2. The molecule has 1 amide bonds. The van der Waals surface area contributed by atoms with E-state index in [1.54, 1.807) is 11.0 Å². The quantitative estimate of drug-likeness (QED) is 0.372. The number of carbonyl (C=O) groups excluding carboxylic acids is 1. The Morgan fingerprint density at radius 2 is 1.65 bits per heavy atom. The number of hydrogen-bond acceptors (Lipinski definition) is 7. The maximum atomic E-state index is 12.9. The zero-order chi connectivity index (χ0) is 24.9. The molecule has 1 aliphatic rings. The fraction of sp³-hybridized carbons (Fsp3) is 0.409. The predicted molar refractivity (Wildman–Crippen MR) is 131 cm³/mol. The van der Waals surface area contributed by atoms with Crippen LogP contribution in [0.15, 0.2) is 57.2 Å². The van der Waals surface area contributed by atoms with E-state index in [0.717, 1.165) is 22.0 Å². The Kier molecular flexibility index (Phi) is 8.63. The number of likely N-dealkylation sites (tertiary alicyclic amines) is 1. The summed E-state index contributed by atoms with van der Waals surface area (Å²) in [5.74, 6) is 0.265. The lowest BCUT2D eigenvalue weighted by atomic mass is 10.2. The van der Waals surface area contributed by atoms with Gasteiger partial charge < -0.3 is 9.64 Å². The molecule has 1 aliphatic heterocycles. The van der Waals surface area contributed by atoms with Crippen molar-refractivity contribution in [3.05, 3.63) is 48.0 Å². The SMILES string of the molecule is CSc1ccc(S(=O)(=O)NCCOc2ccc(S(=O)(=O)N(C)C)cc2)cc1C(=O)N1CCCC1. The van der Waals surface area contributed by atoms with Gasteiger partial charge in [-0.3, -0.25) is 4.79 Å². The van der Waals surface area contributed by atoms with E-state index in [1.807, 2.05) is 6.26 Å². The molecule has 1 heterocycles. The number of nitrogens with zero attached hydrogens (tertiary/aromatic N) is 2. The normalized spacial score (nSPS) is 14.5. The van der Waals surface area contributed by atoms with E-state index in [4.69, 9.17) is 4.74 Å². The third-order valence-corrected chi connectivity index (χ3v) is 9.45. The smallest absolute Gasteiger partial charge is 0.255 e. The molecule has 0 spiro atoms. The summed E-state index contributed by atoms with van der Waals surface area (Å²) in [6, 6.07) is 10.5. The number of hydrogen-bond donors (Lipinski definition) is 1. The molecule has 2 aromatic rings. The molecule has 186 valence electrons. The highest BCUT2D eigenvalue weighted by atomic mass is 32.2. The van der Waals surface area contributed by atoms with E-state index in [9.17, 15) is 21.6 Å². The first kappa shape index (κ1) is 26.5. The van der Waals surface area contributed by atoms with Crippen LogP contribution in [0.4, 0.5) is 0 Å². The molecule has 1 N–H and O–H groups in total. The first-order valence-corrected chi connectivity index (χ1v) is 14.8. The summed E-state index contributed by atoms with van der Waals surface area (Å²) in [6.45, 7) is 1.41. The summed E-state index contributed by atoms with van der Waals surface area (Å²) in [5, 5.41) is 0. The van der Waals surface area contributed by atoms with Gasteiger partial charge in [-0.2, -0.15) is 0 Å². The van der Waals surface area contributed by atoms with Crippen LogP contribution >= 0.6 is 11.8 Å².